The van der Waals surface area contributed by atoms with Crippen LogP contribution in [0.4, 0.5) is 9.18 Å². The first-order valence-corrected chi connectivity index (χ1v) is 9.14. The third-order valence-corrected chi connectivity index (χ3v) is 4.90. The number of esters is 1. The van der Waals surface area contributed by atoms with Crippen molar-refractivity contribution in [2.75, 3.05) is 20.2 Å². The van der Waals surface area contributed by atoms with E-state index in [1.807, 2.05) is 0 Å². The highest BCUT2D eigenvalue weighted by molar-refractivity contribution is 5.72. The third kappa shape index (κ3) is 5.83. The number of amides is 1. The van der Waals surface area contributed by atoms with Crippen molar-refractivity contribution >= 4 is 12.1 Å². The molecule has 2 rings (SSSR count). The molecule has 0 unspecified atom stereocenters. The van der Waals surface area contributed by atoms with Gasteiger partial charge in [-0.15, -0.1) is 0 Å². The summed E-state index contributed by atoms with van der Waals surface area (Å²) in [6.07, 6.45) is 2.26. The van der Waals surface area contributed by atoms with Crippen molar-refractivity contribution in [3.05, 3.63) is 0 Å². The number of hydrogen-bond donors (Lipinski definition) is 1. The Morgan fingerprint density at radius 1 is 1.20 bits per heavy atom. The second-order valence-electron chi connectivity index (χ2n) is 8.10. The van der Waals surface area contributed by atoms with Gasteiger partial charge in [0.1, 0.15) is 11.8 Å². The molecular weight excluding hydrogens is 327 g/mol. The summed E-state index contributed by atoms with van der Waals surface area (Å²) in [6, 6.07) is 0.100. The smallest absolute Gasteiger partial charge is 0.410 e. The van der Waals surface area contributed by atoms with Crippen molar-refractivity contribution in [3.8, 4) is 0 Å². The molecule has 0 aromatic heterocycles. The molecule has 1 heterocycles. The fraction of sp³-hybridized carbons (Fsp3) is 0.889. The molecular formula is C18H31FN2O4. The number of halogens is 1. The Kier molecular flexibility index (Phi) is 6.65. The summed E-state index contributed by atoms with van der Waals surface area (Å²) in [4.78, 5) is 25.3. The highest BCUT2D eigenvalue weighted by Gasteiger charge is 2.38. The molecule has 0 aromatic carbocycles. The van der Waals surface area contributed by atoms with Crippen LogP contribution >= 0.6 is 0 Å². The first kappa shape index (κ1) is 19.9. The summed E-state index contributed by atoms with van der Waals surface area (Å²) in [5.74, 6) is -0.145. The van der Waals surface area contributed by atoms with E-state index < -0.39 is 17.9 Å². The van der Waals surface area contributed by atoms with Crippen LogP contribution in [0.25, 0.3) is 0 Å². The van der Waals surface area contributed by atoms with E-state index in [9.17, 15) is 14.0 Å². The van der Waals surface area contributed by atoms with Crippen LogP contribution < -0.4 is 5.32 Å². The van der Waals surface area contributed by atoms with Gasteiger partial charge in [0, 0.05) is 19.0 Å². The number of carbonyl (C=O) groups excluding carboxylic acids is 2. The number of methoxy groups -OCH3 is 1. The minimum absolute atomic E-state index is 0.0111. The van der Waals surface area contributed by atoms with Gasteiger partial charge in [-0.2, -0.15) is 0 Å². The predicted molar refractivity (Wildman–Crippen MR) is 92.0 cm³/mol. The largest absolute Gasteiger partial charge is 0.469 e. The van der Waals surface area contributed by atoms with Crippen molar-refractivity contribution < 1.29 is 23.5 Å². The van der Waals surface area contributed by atoms with E-state index in [-0.39, 0.29) is 24.5 Å². The van der Waals surface area contributed by atoms with Crippen molar-refractivity contribution in [2.24, 2.45) is 5.92 Å². The van der Waals surface area contributed by atoms with E-state index in [4.69, 9.17) is 9.47 Å². The number of alkyl halides is 1. The molecule has 0 bridgehead atoms. The molecule has 1 aliphatic carbocycles. The van der Waals surface area contributed by atoms with Crippen LogP contribution in [0.15, 0.2) is 0 Å². The first-order valence-electron chi connectivity index (χ1n) is 9.14. The first-order chi connectivity index (χ1) is 11.7. The third-order valence-electron chi connectivity index (χ3n) is 4.90. The maximum absolute atomic E-state index is 13.8. The summed E-state index contributed by atoms with van der Waals surface area (Å²) < 4.78 is 24.0. The molecule has 1 saturated heterocycles. The molecule has 2 aliphatic rings. The molecule has 1 amide bonds. The summed E-state index contributed by atoms with van der Waals surface area (Å²) >= 11 is 0. The van der Waals surface area contributed by atoms with Gasteiger partial charge in [-0.1, -0.05) is 0 Å². The number of rotatable bonds is 4. The lowest BCUT2D eigenvalue weighted by atomic mass is 9.86. The van der Waals surface area contributed by atoms with E-state index in [0.29, 0.717) is 19.0 Å². The van der Waals surface area contributed by atoms with Gasteiger partial charge >= 0.3 is 12.1 Å². The highest BCUT2D eigenvalue weighted by Crippen LogP contribution is 2.27. The number of nitrogens with zero attached hydrogens (tertiary/aromatic N) is 1. The number of nitrogens with one attached hydrogen (secondary N) is 1. The topological polar surface area (TPSA) is 67.9 Å². The molecule has 144 valence electrons. The van der Waals surface area contributed by atoms with Gasteiger partial charge in [0.05, 0.1) is 25.6 Å². The van der Waals surface area contributed by atoms with Crippen LogP contribution in [-0.4, -0.2) is 61.0 Å². The molecule has 1 saturated carbocycles. The van der Waals surface area contributed by atoms with Crippen LogP contribution in [0.3, 0.4) is 0 Å². The second-order valence-corrected chi connectivity index (χ2v) is 8.10. The minimum Gasteiger partial charge on any atom is -0.469 e. The zero-order valence-electron chi connectivity index (χ0n) is 15.7. The highest BCUT2D eigenvalue weighted by atomic mass is 19.1. The molecule has 6 nitrogen and oxygen atoms in total. The molecule has 2 fully saturated rings. The van der Waals surface area contributed by atoms with Gasteiger partial charge in [-0.25, -0.2) is 9.18 Å². The molecule has 1 N–H and O–H groups in total. The van der Waals surface area contributed by atoms with Gasteiger partial charge in [-0.05, 0) is 46.5 Å². The summed E-state index contributed by atoms with van der Waals surface area (Å²) in [5.41, 5.74) is -0.588. The lowest BCUT2D eigenvalue weighted by Crippen LogP contribution is -2.46. The van der Waals surface area contributed by atoms with Gasteiger partial charge in [0.25, 0.3) is 0 Å². The second kappa shape index (κ2) is 8.34. The monoisotopic (exact) mass is 358 g/mol. The van der Waals surface area contributed by atoms with Crippen LogP contribution in [-0.2, 0) is 14.3 Å². The average Bonchev–Trinajstić information content (AvgIpc) is 2.92. The van der Waals surface area contributed by atoms with Gasteiger partial charge in [0.2, 0.25) is 0 Å². The fourth-order valence-corrected chi connectivity index (χ4v) is 3.60. The van der Waals surface area contributed by atoms with Crippen LogP contribution in [0, 0.1) is 5.92 Å². The fourth-order valence-electron chi connectivity index (χ4n) is 3.60. The predicted octanol–water partition coefficient (Wildman–Crippen LogP) is 2.66. The minimum atomic E-state index is -1.01. The van der Waals surface area contributed by atoms with Crippen molar-refractivity contribution in [3.63, 3.8) is 0 Å². The Morgan fingerprint density at radius 3 is 2.40 bits per heavy atom. The number of ether oxygens (including phenoxy) is 2. The van der Waals surface area contributed by atoms with Crippen molar-refractivity contribution in [2.45, 2.75) is 76.7 Å². The van der Waals surface area contributed by atoms with E-state index in [1.165, 1.54) is 12.0 Å². The Labute approximate surface area is 149 Å². The normalized spacial score (nSPS) is 30.2. The summed E-state index contributed by atoms with van der Waals surface area (Å²) in [5, 5.41) is 3.44. The molecule has 25 heavy (non-hydrogen) atoms. The van der Waals surface area contributed by atoms with E-state index >= 15 is 0 Å². The number of hydrogen-bond acceptors (Lipinski definition) is 5. The summed E-state index contributed by atoms with van der Waals surface area (Å²) in [7, 11) is 1.42. The van der Waals surface area contributed by atoms with E-state index in [2.05, 4.69) is 5.32 Å². The lowest BCUT2D eigenvalue weighted by molar-refractivity contribution is -0.146. The molecule has 2 atom stereocenters. The van der Waals surface area contributed by atoms with Gasteiger partial charge < -0.3 is 19.7 Å². The standard InChI is InChI=1S/C18H31FN2O4/c1-18(2,3)25-17(23)21-11-13(19)9-15(21)10-20-14-7-5-12(6-8-14)16(22)24-4/h12-15,20H,5-11H2,1-4H3/t12-,13-,14-,15-/m0/s1. The Hall–Kier alpha value is -1.37. The van der Waals surface area contributed by atoms with Gasteiger partial charge in [-0.3, -0.25) is 4.79 Å². The SMILES string of the molecule is COC(=O)[C@H]1CC[C@H](NC[C@@H]2C[C@H](F)CN2C(=O)OC(C)(C)C)CC1. The van der Waals surface area contributed by atoms with Crippen molar-refractivity contribution in [1.82, 2.24) is 10.2 Å². The molecule has 0 spiro atoms. The van der Waals surface area contributed by atoms with E-state index in [1.54, 1.807) is 20.8 Å². The Bertz CT molecular complexity index is 472. The summed E-state index contributed by atoms with van der Waals surface area (Å²) in [6.45, 7) is 6.06. The number of carbonyl (C=O) groups is 2. The lowest BCUT2D eigenvalue weighted by Gasteiger charge is -2.31. The average molecular weight is 358 g/mol. The van der Waals surface area contributed by atoms with Crippen LogP contribution in [0.2, 0.25) is 0 Å². The zero-order valence-corrected chi connectivity index (χ0v) is 15.7. The molecule has 0 aromatic rings. The zero-order chi connectivity index (χ0) is 18.6. The molecule has 7 heteroatoms. The van der Waals surface area contributed by atoms with Crippen LogP contribution in [0.1, 0.15) is 52.9 Å². The van der Waals surface area contributed by atoms with Crippen LogP contribution in [0.5, 0.6) is 0 Å². The quantitative estimate of drug-likeness (QED) is 0.783. The Balaban J connectivity index is 1.81. The maximum Gasteiger partial charge on any atom is 0.410 e. The Morgan fingerprint density at radius 2 is 1.84 bits per heavy atom. The van der Waals surface area contributed by atoms with Crippen molar-refractivity contribution in [1.29, 1.82) is 0 Å². The van der Waals surface area contributed by atoms with E-state index in [0.717, 1.165) is 25.7 Å². The maximum atomic E-state index is 13.8. The van der Waals surface area contributed by atoms with Gasteiger partial charge in [0.15, 0.2) is 0 Å². The number of likely N-dealkylation sites (tertiary alicyclic amines) is 1. The molecule has 0 radical (unpaired) electrons. The molecule has 1 aliphatic heterocycles.